The van der Waals surface area contributed by atoms with E-state index in [1.165, 1.54) is 0 Å². The zero-order valence-corrected chi connectivity index (χ0v) is 15.7. The molecule has 26 heavy (non-hydrogen) atoms. The van der Waals surface area contributed by atoms with Crippen LogP contribution < -0.4 is 4.90 Å². The van der Waals surface area contributed by atoms with Gasteiger partial charge in [-0.05, 0) is 26.2 Å². The highest BCUT2D eigenvalue weighted by atomic mass is 16.5. The van der Waals surface area contributed by atoms with Crippen molar-refractivity contribution < 1.29 is 9.53 Å². The van der Waals surface area contributed by atoms with Gasteiger partial charge < -0.3 is 14.5 Å². The van der Waals surface area contributed by atoms with Gasteiger partial charge in [0.05, 0.1) is 17.2 Å². The molecule has 0 saturated carbocycles. The van der Waals surface area contributed by atoms with Crippen molar-refractivity contribution in [2.45, 2.75) is 32.3 Å². The Hall–Kier alpha value is -2.21. The first-order valence-corrected chi connectivity index (χ1v) is 9.29. The normalized spacial score (nSPS) is 23.0. The highest BCUT2D eigenvalue weighted by molar-refractivity contribution is 5.93. The predicted octanol–water partition coefficient (Wildman–Crippen LogP) is 2.40. The van der Waals surface area contributed by atoms with Gasteiger partial charge in [0.1, 0.15) is 0 Å². The van der Waals surface area contributed by atoms with Gasteiger partial charge in [-0.15, -0.1) is 5.10 Å². The third-order valence-corrected chi connectivity index (χ3v) is 6.10. The van der Waals surface area contributed by atoms with Crippen LogP contribution in [0.2, 0.25) is 0 Å². The van der Waals surface area contributed by atoms with Gasteiger partial charge in [0, 0.05) is 44.6 Å². The number of ether oxygens (including phenoxy) is 1. The molecule has 0 aliphatic carbocycles. The number of likely N-dealkylation sites (N-methyl/N-ethyl adjacent to an activating group) is 1. The van der Waals surface area contributed by atoms with Gasteiger partial charge in [-0.1, -0.05) is 24.3 Å². The van der Waals surface area contributed by atoms with Gasteiger partial charge in [-0.3, -0.25) is 4.79 Å². The van der Waals surface area contributed by atoms with Crippen LogP contribution in [0.5, 0.6) is 0 Å². The maximum absolute atomic E-state index is 12.9. The fraction of sp³-hybridized carbons (Fsp3) is 0.550. The summed E-state index contributed by atoms with van der Waals surface area (Å²) in [5.74, 6) is 1.20. The molecule has 138 valence electrons. The van der Waals surface area contributed by atoms with Crippen molar-refractivity contribution >= 4 is 22.5 Å². The van der Waals surface area contributed by atoms with Crippen LogP contribution in [0.25, 0.3) is 10.8 Å². The van der Waals surface area contributed by atoms with E-state index in [2.05, 4.69) is 27.2 Å². The fourth-order valence-electron chi connectivity index (χ4n) is 4.56. The molecule has 2 aliphatic rings. The number of likely N-dealkylation sites (tertiary alicyclic amines) is 1. The van der Waals surface area contributed by atoms with Crippen molar-refractivity contribution in [3.63, 3.8) is 0 Å². The summed E-state index contributed by atoms with van der Waals surface area (Å²) in [5.41, 5.74) is 0.655. The first-order chi connectivity index (χ1) is 12.5. The van der Waals surface area contributed by atoms with Gasteiger partial charge in [0.2, 0.25) is 5.91 Å². The Morgan fingerprint density at radius 2 is 1.85 bits per heavy atom. The molecule has 0 N–H and O–H groups in total. The quantitative estimate of drug-likeness (QED) is 0.829. The van der Waals surface area contributed by atoms with Crippen LogP contribution in [-0.2, 0) is 9.53 Å². The number of amides is 1. The number of aromatic nitrogens is 2. The molecule has 6 heteroatoms. The number of carbonyl (C=O) groups is 1. The maximum Gasteiger partial charge on any atom is 0.228 e. The highest BCUT2D eigenvalue weighted by Gasteiger charge is 2.48. The van der Waals surface area contributed by atoms with Crippen LogP contribution in [0.4, 0.5) is 5.82 Å². The van der Waals surface area contributed by atoms with Crippen LogP contribution >= 0.6 is 0 Å². The molecule has 0 radical (unpaired) electrons. The SMILES string of the molecule is COC1CN(C)C(=O)C2(CCN(c3nnc(C)c4ccccc34)CC2)C1. The van der Waals surface area contributed by atoms with E-state index in [4.69, 9.17) is 4.74 Å². The van der Waals surface area contributed by atoms with Crippen LogP contribution in [0.3, 0.4) is 0 Å². The molecule has 0 bridgehead atoms. The van der Waals surface area contributed by atoms with Gasteiger partial charge >= 0.3 is 0 Å². The number of hydrogen-bond acceptors (Lipinski definition) is 5. The number of carbonyl (C=O) groups excluding carboxylic acids is 1. The molecule has 2 saturated heterocycles. The number of piperidine rings is 2. The molecule has 3 heterocycles. The number of methoxy groups -OCH3 is 1. The van der Waals surface area contributed by atoms with Gasteiger partial charge in [-0.25, -0.2) is 0 Å². The maximum atomic E-state index is 12.9. The summed E-state index contributed by atoms with van der Waals surface area (Å²) in [7, 11) is 3.63. The summed E-state index contributed by atoms with van der Waals surface area (Å²) in [6.07, 6.45) is 2.62. The Morgan fingerprint density at radius 3 is 2.54 bits per heavy atom. The van der Waals surface area contributed by atoms with E-state index in [1.807, 2.05) is 31.0 Å². The molecule has 6 nitrogen and oxygen atoms in total. The number of hydrogen-bond donors (Lipinski definition) is 0. The van der Waals surface area contributed by atoms with Crippen LogP contribution in [-0.4, -0.2) is 60.9 Å². The lowest BCUT2D eigenvalue weighted by Crippen LogP contribution is -2.56. The highest BCUT2D eigenvalue weighted by Crippen LogP contribution is 2.42. The lowest BCUT2D eigenvalue weighted by atomic mass is 9.71. The monoisotopic (exact) mass is 354 g/mol. The number of benzene rings is 1. The van der Waals surface area contributed by atoms with E-state index in [9.17, 15) is 4.79 Å². The number of anilines is 1. The number of rotatable bonds is 2. The van der Waals surface area contributed by atoms with Gasteiger partial charge in [0.15, 0.2) is 5.82 Å². The van der Waals surface area contributed by atoms with Crippen LogP contribution in [0.15, 0.2) is 24.3 Å². The van der Waals surface area contributed by atoms with Gasteiger partial charge in [0.25, 0.3) is 0 Å². The molecule has 4 rings (SSSR count). The average molecular weight is 354 g/mol. The van der Waals surface area contributed by atoms with Crippen molar-refractivity contribution in [3.05, 3.63) is 30.0 Å². The zero-order valence-electron chi connectivity index (χ0n) is 15.7. The number of fused-ring (bicyclic) bond motifs is 1. The molecule has 1 spiro atoms. The van der Waals surface area contributed by atoms with Crippen LogP contribution in [0, 0.1) is 12.3 Å². The number of aryl methyl sites for hydroxylation is 1. The summed E-state index contributed by atoms with van der Waals surface area (Å²) in [4.78, 5) is 17.0. The summed E-state index contributed by atoms with van der Waals surface area (Å²) in [6, 6.07) is 8.28. The average Bonchev–Trinajstić information content (AvgIpc) is 2.67. The molecular weight excluding hydrogens is 328 g/mol. The fourth-order valence-corrected chi connectivity index (χ4v) is 4.56. The molecule has 1 unspecified atom stereocenters. The van der Waals surface area contributed by atoms with Crippen LogP contribution in [0.1, 0.15) is 25.0 Å². The first kappa shape index (κ1) is 17.2. The van der Waals surface area contributed by atoms with E-state index in [-0.39, 0.29) is 17.4 Å². The summed E-state index contributed by atoms with van der Waals surface area (Å²) in [5, 5.41) is 11.1. The third kappa shape index (κ3) is 2.72. The van der Waals surface area contributed by atoms with Crippen molar-refractivity contribution in [3.8, 4) is 0 Å². The van der Waals surface area contributed by atoms with E-state index >= 15 is 0 Å². The summed E-state index contributed by atoms with van der Waals surface area (Å²) < 4.78 is 5.59. The van der Waals surface area contributed by atoms with E-state index in [1.54, 1.807) is 7.11 Å². The van der Waals surface area contributed by atoms with Crippen molar-refractivity contribution in [2.24, 2.45) is 5.41 Å². The summed E-state index contributed by atoms with van der Waals surface area (Å²) in [6.45, 7) is 4.32. The smallest absolute Gasteiger partial charge is 0.228 e. The minimum atomic E-state index is -0.294. The molecule has 1 aromatic heterocycles. The minimum Gasteiger partial charge on any atom is -0.380 e. The Kier molecular flexibility index (Phi) is 4.31. The second kappa shape index (κ2) is 6.50. The molecular formula is C20H26N4O2. The summed E-state index contributed by atoms with van der Waals surface area (Å²) >= 11 is 0. The second-order valence-corrected chi connectivity index (χ2v) is 7.67. The molecule has 2 aliphatic heterocycles. The Labute approximate surface area is 154 Å². The lowest BCUT2D eigenvalue weighted by molar-refractivity contribution is -0.153. The topological polar surface area (TPSA) is 58.6 Å². The third-order valence-electron chi connectivity index (χ3n) is 6.10. The zero-order chi connectivity index (χ0) is 18.3. The Balaban J connectivity index is 1.59. The number of nitrogens with zero attached hydrogens (tertiary/aromatic N) is 4. The first-order valence-electron chi connectivity index (χ1n) is 9.29. The molecule has 2 aromatic rings. The Morgan fingerprint density at radius 1 is 1.15 bits per heavy atom. The van der Waals surface area contributed by atoms with E-state index in [0.29, 0.717) is 6.54 Å². The van der Waals surface area contributed by atoms with Crippen molar-refractivity contribution in [2.75, 3.05) is 38.7 Å². The lowest BCUT2D eigenvalue weighted by Gasteiger charge is -2.47. The second-order valence-electron chi connectivity index (χ2n) is 7.67. The van der Waals surface area contributed by atoms with E-state index < -0.39 is 0 Å². The van der Waals surface area contributed by atoms with Crippen molar-refractivity contribution in [1.29, 1.82) is 0 Å². The molecule has 1 amide bonds. The largest absolute Gasteiger partial charge is 0.380 e. The van der Waals surface area contributed by atoms with Gasteiger partial charge in [-0.2, -0.15) is 5.10 Å². The van der Waals surface area contributed by atoms with Crippen molar-refractivity contribution in [1.82, 2.24) is 15.1 Å². The molecule has 2 fully saturated rings. The van der Waals surface area contributed by atoms with E-state index in [0.717, 1.165) is 54.6 Å². The molecule has 1 aromatic carbocycles. The standard InChI is InChI=1S/C20H26N4O2/c1-14-16-6-4-5-7-17(16)18(22-21-14)24-10-8-20(9-11-24)12-15(26-3)13-23(2)19(20)25/h4-7,15H,8-13H2,1-3H3. The molecule has 1 atom stereocenters. The minimum absolute atomic E-state index is 0.129. The Bertz CT molecular complexity index is 830. The predicted molar refractivity (Wildman–Crippen MR) is 101 cm³/mol.